The molecule has 1 aliphatic rings. The Kier molecular flexibility index (Phi) is 6.61. The molecule has 3 aromatic rings. The first-order chi connectivity index (χ1) is 15.9. The highest BCUT2D eigenvalue weighted by atomic mass is 16.5. The second-order valence-corrected chi connectivity index (χ2v) is 8.74. The fourth-order valence-corrected chi connectivity index (χ4v) is 4.34. The molecular weight excluding hydrogens is 414 g/mol. The second kappa shape index (κ2) is 9.59. The number of ketones is 1. The number of ether oxygens (including phenoxy) is 1. The number of carbonyl (C=O) groups is 2. The van der Waals surface area contributed by atoms with E-state index in [2.05, 4.69) is 0 Å². The zero-order valence-electron chi connectivity index (χ0n) is 19.2. The van der Waals surface area contributed by atoms with Crippen LogP contribution in [-0.2, 0) is 14.3 Å². The lowest BCUT2D eigenvalue weighted by Gasteiger charge is -2.25. The summed E-state index contributed by atoms with van der Waals surface area (Å²) in [5.74, 6) is -1.39. The van der Waals surface area contributed by atoms with Gasteiger partial charge in [-0.3, -0.25) is 9.59 Å². The molecule has 0 saturated carbocycles. The Morgan fingerprint density at radius 2 is 1.76 bits per heavy atom. The van der Waals surface area contributed by atoms with Gasteiger partial charge in [-0.2, -0.15) is 0 Å². The second-order valence-electron chi connectivity index (χ2n) is 8.74. The number of Topliss-reactive ketones (excluding diaryl/α,β-unsaturated/α-hetero) is 1. The Labute approximate surface area is 194 Å². The Morgan fingerprint density at radius 1 is 1.00 bits per heavy atom. The van der Waals surface area contributed by atoms with Crippen molar-refractivity contribution >= 4 is 28.2 Å². The Morgan fingerprint density at radius 3 is 2.48 bits per heavy atom. The molecule has 1 atom stereocenters. The number of aryl methyl sites for hydroxylation is 1. The van der Waals surface area contributed by atoms with Crippen molar-refractivity contribution in [2.75, 3.05) is 13.2 Å². The molecule has 0 aromatic heterocycles. The molecule has 1 unspecified atom stereocenters. The van der Waals surface area contributed by atoms with E-state index in [0.29, 0.717) is 25.1 Å². The third kappa shape index (κ3) is 4.69. The van der Waals surface area contributed by atoms with Gasteiger partial charge in [-0.1, -0.05) is 66.2 Å². The average Bonchev–Trinajstić information content (AvgIpc) is 3.06. The number of aliphatic hydroxyl groups excluding tert-OH is 1. The molecule has 0 radical (unpaired) electrons. The quantitative estimate of drug-likeness (QED) is 0.230. The van der Waals surface area contributed by atoms with Crippen LogP contribution in [0.25, 0.3) is 16.5 Å². The summed E-state index contributed by atoms with van der Waals surface area (Å²) in [6, 6.07) is 20.5. The van der Waals surface area contributed by atoms with Crippen molar-refractivity contribution in [1.82, 2.24) is 4.90 Å². The highest BCUT2D eigenvalue weighted by Crippen LogP contribution is 2.40. The smallest absolute Gasteiger partial charge is 0.295 e. The lowest BCUT2D eigenvalue weighted by atomic mass is 9.93. The number of hydrogen-bond acceptors (Lipinski definition) is 4. The summed E-state index contributed by atoms with van der Waals surface area (Å²) in [5.41, 5.74) is 2.48. The highest BCUT2D eigenvalue weighted by Gasteiger charge is 2.45. The predicted octanol–water partition coefficient (Wildman–Crippen LogP) is 5.39. The van der Waals surface area contributed by atoms with E-state index in [1.807, 2.05) is 81.4 Å². The minimum absolute atomic E-state index is 0.0980. The van der Waals surface area contributed by atoms with E-state index >= 15 is 0 Å². The first-order valence-electron chi connectivity index (χ1n) is 11.3. The number of benzene rings is 3. The van der Waals surface area contributed by atoms with Gasteiger partial charge in [0.25, 0.3) is 11.7 Å². The number of rotatable bonds is 7. The molecule has 4 rings (SSSR count). The normalized spacial score (nSPS) is 17.9. The van der Waals surface area contributed by atoms with Crippen LogP contribution in [-0.4, -0.2) is 41.0 Å². The monoisotopic (exact) mass is 443 g/mol. The van der Waals surface area contributed by atoms with Crippen LogP contribution in [0, 0.1) is 6.92 Å². The minimum atomic E-state index is -0.656. The maximum atomic E-state index is 13.2. The largest absolute Gasteiger partial charge is 0.507 e. The van der Waals surface area contributed by atoms with Gasteiger partial charge in [0.2, 0.25) is 0 Å². The van der Waals surface area contributed by atoms with Crippen LogP contribution in [0.5, 0.6) is 0 Å². The van der Waals surface area contributed by atoms with Crippen molar-refractivity contribution in [3.8, 4) is 0 Å². The molecule has 1 aliphatic heterocycles. The maximum Gasteiger partial charge on any atom is 0.295 e. The lowest BCUT2D eigenvalue weighted by molar-refractivity contribution is -0.140. The highest BCUT2D eigenvalue weighted by molar-refractivity contribution is 6.46. The molecule has 1 heterocycles. The van der Waals surface area contributed by atoms with Crippen molar-refractivity contribution in [1.29, 1.82) is 0 Å². The van der Waals surface area contributed by atoms with Crippen molar-refractivity contribution in [3.63, 3.8) is 0 Å². The summed E-state index contributed by atoms with van der Waals surface area (Å²) in [6.45, 7) is 6.75. The Hall–Kier alpha value is -3.44. The number of aliphatic hydroxyl groups is 1. The van der Waals surface area contributed by atoms with Gasteiger partial charge < -0.3 is 14.7 Å². The fraction of sp³-hybridized carbons (Fsp3) is 0.286. The third-order valence-electron chi connectivity index (χ3n) is 5.92. The Bertz CT molecular complexity index is 1230. The molecule has 5 heteroatoms. The zero-order valence-corrected chi connectivity index (χ0v) is 19.2. The van der Waals surface area contributed by atoms with Crippen LogP contribution in [0.4, 0.5) is 0 Å². The number of amides is 1. The molecular formula is C28H29NO4. The van der Waals surface area contributed by atoms with Gasteiger partial charge in [0.05, 0.1) is 17.7 Å². The van der Waals surface area contributed by atoms with E-state index in [0.717, 1.165) is 21.9 Å². The van der Waals surface area contributed by atoms with E-state index in [1.54, 1.807) is 11.0 Å². The van der Waals surface area contributed by atoms with E-state index in [9.17, 15) is 14.7 Å². The molecule has 0 spiro atoms. The van der Waals surface area contributed by atoms with E-state index in [4.69, 9.17) is 4.74 Å². The number of nitrogens with zero attached hydrogens (tertiary/aromatic N) is 1. The predicted molar refractivity (Wildman–Crippen MR) is 130 cm³/mol. The standard InChI is InChI=1S/C28H29NO4/c1-18(2)33-15-7-14-29-25(22-11-6-8-19(3)16-22)24(27(31)28(29)32)26(30)23-13-12-20-9-4-5-10-21(20)17-23/h4-6,8-13,16-18,25,30H,7,14-15H2,1-3H3/b26-24-. The van der Waals surface area contributed by atoms with Crippen LogP contribution in [0.2, 0.25) is 0 Å². The molecule has 1 amide bonds. The molecule has 0 bridgehead atoms. The van der Waals surface area contributed by atoms with Crippen LogP contribution < -0.4 is 0 Å². The molecule has 33 heavy (non-hydrogen) atoms. The summed E-state index contributed by atoms with van der Waals surface area (Å²) < 4.78 is 5.62. The van der Waals surface area contributed by atoms with Crippen LogP contribution in [0.1, 0.15) is 43.0 Å². The molecule has 1 fully saturated rings. The molecule has 170 valence electrons. The minimum Gasteiger partial charge on any atom is -0.507 e. The van der Waals surface area contributed by atoms with Gasteiger partial charge >= 0.3 is 0 Å². The summed E-state index contributed by atoms with van der Waals surface area (Å²) >= 11 is 0. The zero-order chi connectivity index (χ0) is 23.5. The number of likely N-dealkylation sites (tertiary alicyclic amines) is 1. The van der Waals surface area contributed by atoms with Crippen molar-refractivity contribution in [2.45, 2.75) is 39.3 Å². The Balaban J connectivity index is 1.78. The van der Waals surface area contributed by atoms with Crippen molar-refractivity contribution in [3.05, 3.63) is 89.0 Å². The first-order valence-corrected chi connectivity index (χ1v) is 11.3. The molecule has 0 aliphatic carbocycles. The number of hydrogen-bond donors (Lipinski definition) is 1. The van der Waals surface area contributed by atoms with Gasteiger partial charge in [-0.15, -0.1) is 0 Å². The van der Waals surface area contributed by atoms with Crippen LogP contribution >= 0.6 is 0 Å². The SMILES string of the molecule is Cc1cccc(C2/C(=C(/O)c3ccc4ccccc4c3)C(=O)C(=O)N2CCCOC(C)C)c1. The summed E-state index contributed by atoms with van der Waals surface area (Å²) in [7, 11) is 0. The summed E-state index contributed by atoms with van der Waals surface area (Å²) in [6.07, 6.45) is 0.699. The van der Waals surface area contributed by atoms with Crippen LogP contribution in [0.15, 0.2) is 72.3 Å². The van der Waals surface area contributed by atoms with Gasteiger partial charge in [0, 0.05) is 18.7 Å². The van der Waals surface area contributed by atoms with Gasteiger partial charge in [0.1, 0.15) is 5.76 Å². The van der Waals surface area contributed by atoms with Crippen molar-refractivity contribution < 1.29 is 19.4 Å². The van der Waals surface area contributed by atoms with Gasteiger partial charge in [-0.05, 0) is 49.6 Å². The molecule has 5 nitrogen and oxygen atoms in total. The summed E-state index contributed by atoms with van der Waals surface area (Å²) in [5, 5.41) is 13.3. The molecule has 3 aromatic carbocycles. The number of fused-ring (bicyclic) bond motifs is 1. The molecule has 1 N–H and O–H groups in total. The maximum absolute atomic E-state index is 13.2. The lowest BCUT2D eigenvalue weighted by Crippen LogP contribution is -2.31. The van der Waals surface area contributed by atoms with Gasteiger partial charge in [-0.25, -0.2) is 0 Å². The fourth-order valence-electron chi connectivity index (χ4n) is 4.34. The van der Waals surface area contributed by atoms with Gasteiger partial charge in [0.15, 0.2) is 0 Å². The first kappa shape index (κ1) is 22.7. The third-order valence-corrected chi connectivity index (χ3v) is 5.92. The van der Waals surface area contributed by atoms with E-state index in [-0.39, 0.29) is 17.4 Å². The van der Waals surface area contributed by atoms with Crippen LogP contribution in [0.3, 0.4) is 0 Å². The summed E-state index contributed by atoms with van der Waals surface area (Å²) in [4.78, 5) is 27.8. The topological polar surface area (TPSA) is 66.8 Å². The van der Waals surface area contributed by atoms with Crippen molar-refractivity contribution in [2.24, 2.45) is 0 Å². The van der Waals surface area contributed by atoms with E-state index in [1.165, 1.54) is 0 Å². The van der Waals surface area contributed by atoms with E-state index < -0.39 is 17.7 Å². The number of carbonyl (C=O) groups excluding carboxylic acids is 2. The molecule has 1 saturated heterocycles. The average molecular weight is 444 g/mol.